The third kappa shape index (κ3) is 3.50. The first kappa shape index (κ1) is 14.4. The summed E-state index contributed by atoms with van der Waals surface area (Å²) in [5, 5.41) is 10.0. The summed E-state index contributed by atoms with van der Waals surface area (Å²) in [5.41, 5.74) is 2.63. The largest absolute Gasteiger partial charge is 0.488 e. The van der Waals surface area contributed by atoms with Crippen molar-refractivity contribution >= 4 is 0 Å². The first-order valence-corrected chi connectivity index (χ1v) is 7.42. The SMILES string of the molecule is Cc1cc(OC2CC(C)CCC2O)ccc1C(C)C. The van der Waals surface area contributed by atoms with E-state index in [0.29, 0.717) is 11.8 Å². The number of aliphatic hydroxyl groups excluding tert-OH is 1. The van der Waals surface area contributed by atoms with Crippen molar-refractivity contribution in [2.45, 2.75) is 65.1 Å². The van der Waals surface area contributed by atoms with Crippen LogP contribution in [0.4, 0.5) is 0 Å². The molecule has 1 aromatic rings. The van der Waals surface area contributed by atoms with Crippen LogP contribution in [-0.2, 0) is 0 Å². The standard InChI is InChI=1S/C17H26O2/c1-11(2)15-7-6-14(10-13(15)4)19-17-9-12(3)5-8-16(17)18/h6-7,10-12,16-18H,5,8-9H2,1-4H3. The van der Waals surface area contributed by atoms with Gasteiger partial charge in [0.05, 0.1) is 6.10 Å². The fraction of sp³-hybridized carbons (Fsp3) is 0.647. The van der Waals surface area contributed by atoms with Crippen LogP contribution in [0.2, 0.25) is 0 Å². The van der Waals surface area contributed by atoms with E-state index in [0.717, 1.165) is 25.0 Å². The molecule has 1 N–H and O–H groups in total. The van der Waals surface area contributed by atoms with Gasteiger partial charge in [-0.2, -0.15) is 0 Å². The number of ether oxygens (including phenoxy) is 1. The average Bonchev–Trinajstić information content (AvgIpc) is 2.33. The zero-order valence-corrected chi connectivity index (χ0v) is 12.5. The molecule has 0 bridgehead atoms. The molecule has 0 aromatic heterocycles. The van der Waals surface area contributed by atoms with Gasteiger partial charge in [0.2, 0.25) is 0 Å². The highest BCUT2D eigenvalue weighted by molar-refractivity contribution is 5.36. The number of benzene rings is 1. The molecule has 1 aliphatic rings. The van der Waals surface area contributed by atoms with Crippen molar-refractivity contribution in [3.8, 4) is 5.75 Å². The van der Waals surface area contributed by atoms with Crippen LogP contribution < -0.4 is 4.74 Å². The zero-order chi connectivity index (χ0) is 14.0. The number of aryl methyl sites for hydroxylation is 1. The lowest BCUT2D eigenvalue weighted by Gasteiger charge is -2.32. The highest BCUT2D eigenvalue weighted by Crippen LogP contribution is 2.29. The monoisotopic (exact) mass is 262 g/mol. The molecule has 0 heterocycles. The summed E-state index contributed by atoms with van der Waals surface area (Å²) >= 11 is 0. The van der Waals surface area contributed by atoms with E-state index in [9.17, 15) is 5.11 Å². The highest BCUT2D eigenvalue weighted by Gasteiger charge is 2.28. The van der Waals surface area contributed by atoms with E-state index in [-0.39, 0.29) is 12.2 Å². The quantitative estimate of drug-likeness (QED) is 0.890. The number of hydrogen-bond donors (Lipinski definition) is 1. The second-order valence-corrected chi connectivity index (χ2v) is 6.31. The summed E-state index contributed by atoms with van der Waals surface area (Å²) < 4.78 is 6.00. The van der Waals surface area contributed by atoms with Gasteiger partial charge < -0.3 is 9.84 Å². The van der Waals surface area contributed by atoms with Crippen LogP contribution in [0.25, 0.3) is 0 Å². The van der Waals surface area contributed by atoms with Crippen LogP contribution in [0.15, 0.2) is 18.2 Å². The number of hydrogen-bond acceptors (Lipinski definition) is 2. The van der Waals surface area contributed by atoms with Crippen LogP contribution >= 0.6 is 0 Å². The second kappa shape index (κ2) is 5.96. The van der Waals surface area contributed by atoms with Gasteiger partial charge in [-0.25, -0.2) is 0 Å². The van der Waals surface area contributed by atoms with Crippen LogP contribution in [0.3, 0.4) is 0 Å². The third-order valence-electron chi connectivity index (χ3n) is 4.17. The van der Waals surface area contributed by atoms with Crippen LogP contribution in [0, 0.1) is 12.8 Å². The van der Waals surface area contributed by atoms with E-state index in [4.69, 9.17) is 4.74 Å². The molecule has 2 rings (SSSR count). The van der Waals surface area contributed by atoms with Crippen molar-refractivity contribution in [3.63, 3.8) is 0 Å². The van der Waals surface area contributed by atoms with E-state index < -0.39 is 0 Å². The molecule has 3 unspecified atom stereocenters. The molecule has 1 aliphatic carbocycles. The Balaban J connectivity index is 2.08. The number of rotatable bonds is 3. The van der Waals surface area contributed by atoms with E-state index in [1.165, 1.54) is 11.1 Å². The lowest BCUT2D eigenvalue weighted by molar-refractivity contribution is -0.00761. The van der Waals surface area contributed by atoms with Crippen molar-refractivity contribution in [3.05, 3.63) is 29.3 Å². The van der Waals surface area contributed by atoms with Crippen LogP contribution in [0.5, 0.6) is 5.75 Å². The Hall–Kier alpha value is -1.02. The maximum absolute atomic E-state index is 10.0. The fourth-order valence-electron chi connectivity index (χ4n) is 2.98. The molecule has 0 radical (unpaired) electrons. The summed E-state index contributed by atoms with van der Waals surface area (Å²) in [4.78, 5) is 0. The third-order valence-corrected chi connectivity index (χ3v) is 4.17. The molecule has 19 heavy (non-hydrogen) atoms. The van der Waals surface area contributed by atoms with Crippen molar-refractivity contribution in [1.29, 1.82) is 0 Å². The maximum atomic E-state index is 10.0. The Morgan fingerprint density at radius 3 is 2.63 bits per heavy atom. The molecule has 0 amide bonds. The lowest BCUT2D eigenvalue weighted by Crippen LogP contribution is -2.37. The minimum atomic E-state index is -0.318. The predicted molar refractivity (Wildman–Crippen MR) is 78.7 cm³/mol. The zero-order valence-electron chi connectivity index (χ0n) is 12.5. The summed E-state index contributed by atoms with van der Waals surface area (Å²) in [7, 11) is 0. The normalized spacial score (nSPS) is 27.6. The molecular formula is C17H26O2. The molecule has 1 saturated carbocycles. The topological polar surface area (TPSA) is 29.5 Å². The van der Waals surface area contributed by atoms with Gasteiger partial charge in [0.1, 0.15) is 11.9 Å². The molecule has 106 valence electrons. The minimum absolute atomic E-state index is 0.0481. The summed E-state index contributed by atoms with van der Waals surface area (Å²) in [6.45, 7) is 8.77. The lowest BCUT2D eigenvalue weighted by atomic mass is 9.86. The smallest absolute Gasteiger partial charge is 0.125 e. The second-order valence-electron chi connectivity index (χ2n) is 6.31. The van der Waals surface area contributed by atoms with Crippen LogP contribution in [0.1, 0.15) is 57.1 Å². The predicted octanol–water partition coefficient (Wildman–Crippen LogP) is 4.05. The molecule has 1 fully saturated rings. The Morgan fingerprint density at radius 1 is 1.26 bits per heavy atom. The van der Waals surface area contributed by atoms with Crippen LogP contribution in [-0.4, -0.2) is 17.3 Å². The van der Waals surface area contributed by atoms with Crippen molar-refractivity contribution in [2.75, 3.05) is 0 Å². The van der Waals surface area contributed by atoms with Gasteiger partial charge in [-0.15, -0.1) is 0 Å². The molecule has 0 spiro atoms. The molecule has 2 nitrogen and oxygen atoms in total. The minimum Gasteiger partial charge on any atom is -0.488 e. The molecule has 0 saturated heterocycles. The molecule has 0 aliphatic heterocycles. The summed E-state index contributed by atoms with van der Waals surface area (Å²) in [6.07, 6.45) is 2.54. The van der Waals surface area contributed by atoms with E-state index in [2.05, 4.69) is 39.8 Å². The highest BCUT2D eigenvalue weighted by atomic mass is 16.5. The summed E-state index contributed by atoms with van der Waals surface area (Å²) in [5.74, 6) is 2.07. The van der Waals surface area contributed by atoms with Crippen molar-refractivity contribution < 1.29 is 9.84 Å². The van der Waals surface area contributed by atoms with Gasteiger partial charge in [-0.3, -0.25) is 0 Å². The van der Waals surface area contributed by atoms with Crippen molar-refractivity contribution in [2.24, 2.45) is 5.92 Å². The van der Waals surface area contributed by atoms with Gasteiger partial charge in [0.25, 0.3) is 0 Å². The Morgan fingerprint density at radius 2 is 2.00 bits per heavy atom. The molecular weight excluding hydrogens is 236 g/mol. The Bertz CT molecular complexity index is 425. The number of aliphatic hydroxyl groups is 1. The van der Waals surface area contributed by atoms with Gasteiger partial charge in [0.15, 0.2) is 0 Å². The van der Waals surface area contributed by atoms with Crippen molar-refractivity contribution in [1.82, 2.24) is 0 Å². The van der Waals surface area contributed by atoms with Gasteiger partial charge in [-0.1, -0.05) is 26.8 Å². The maximum Gasteiger partial charge on any atom is 0.125 e. The van der Waals surface area contributed by atoms with E-state index >= 15 is 0 Å². The van der Waals surface area contributed by atoms with Gasteiger partial charge in [0, 0.05) is 0 Å². The Kier molecular flexibility index (Phi) is 4.51. The molecule has 1 aromatic carbocycles. The van der Waals surface area contributed by atoms with E-state index in [1.807, 2.05) is 6.07 Å². The Labute approximate surface area is 116 Å². The fourth-order valence-corrected chi connectivity index (χ4v) is 2.98. The molecule has 2 heteroatoms. The van der Waals surface area contributed by atoms with E-state index in [1.54, 1.807) is 0 Å². The van der Waals surface area contributed by atoms with Gasteiger partial charge in [-0.05, 0) is 61.3 Å². The van der Waals surface area contributed by atoms with Gasteiger partial charge >= 0.3 is 0 Å². The first-order chi connectivity index (χ1) is 8.97. The summed E-state index contributed by atoms with van der Waals surface area (Å²) in [6, 6.07) is 6.28. The molecule has 3 atom stereocenters. The first-order valence-electron chi connectivity index (χ1n) is 7.42. The average molecular weight is 262 g/mol.